The summed E-state index contributed by atoms with van der Waals surface area (Å²) in [7, 11) is 0. The van der Waals surface area contributed by atoms with Gasteiger partial charge in [0.05, 0.1) is 22.9 Å². The predicted octanol–water partition coefficient (Wildman–Crippen LogP) is 4.37. The molecule has 2 aromatic heterocycles. The van der Waals surface area contributed by atoms with Crippen molar-refractivity contribution in [3.8, 4) is 6.07 Å². The minimum absolute atomic E-state index is 0.0215. The summed E-state index contributed by atoms with van der Waals surface area (Å²) in [6.45, 7) is 2.00. The quantitative estimate of drug-likeness (QED) is 0.422. The van der Waals surface area contributed by atoms with E-state index in [1.54, 1.807) is 6.92 Å². The Kier molecular flexibility index (Phi) is 6.31. The maximum atomic E-state index is 12.3. The molecule has 2 heterocycles. The van der Waals surface area contributed by atoms with E-state index in [-0.39, 0.29) is 23.2 Å². The lowest BCUT2D eigenvalue weighted by Gasteiger charge is -2.04. The van der Waals surface area contributed by atoms with E-state index in [1.165, 1.54) is 27.3 Å². The number of anilines is 1. The molecule has 1 aliphatic carbocycles. The molecule has 0 radical (unpaired) electrons. The second-order valence-corrected chi connectivity index (χ2v) is 8.22. The normalized spacial score (nSPS) is 13.5. The number of nitrogens with zero attached hydrogens (tertiary/aromatic N) is 4. The van der Waals surface area contributed by atoms with Crippen molar-refractivity contribution in [2.24, 2.45) is 0 Å². The van der Waals surface area contributed by atoms with Crippen LogP contribution >= 0.6 is 22.9 Å². The van der Waals surface area contributed by atoms with Crippen LogP contribution in [0, 0.1) is 28.4 Å². The van der Waals surface area contributed by atoms with Gasteiger partial charge in [0.15, 0.2) is 5.02 Å². The summed E-state index contributed by atoms with van der Waals surface area (Å²) >= 11 is 7.42. The third kappa shape index (κ3) is 4.18. The Bertz CT molecular complexity index is 960. The molecular formula is C18H20ClN5O3S. The van der Waals surface area contributed by atoms with Crippen LogP contribution in [0.3, 0.4) is 0 Å². The number of hydrogen-bond acceptors (Lipinski definition) is 6. The van der Waals surface area contributed by atoms with Crippen LogP contribution in [-0.4, -0.2) is 20.6 Å². The van der Waals surface area contributed by atoms with Crippen molar-refractivity contribution in [1.29, 1.82) is 5.26 Å². The minimum atomic E-state index is -0.622. The van der Waals surface area contributed by atoms with Crippen LogP contribution in [0.15, 0.2) is 0 Å². The highest BCUT2D eigenvalue weighted by atomic mass is 35.5. The summed E-state index contributed by atoms with van der Waals surface area (Å²) in [5, 5.41) is 27.8. The van der Waals surface area contributed by atoms with Gasteiger partial charge in [-0.2, -0.15) is 9.94 Å². The summed E-state index contributed by atoms with van der Waals surface area (Å²) < 4.78 is 1.45. The number of amides is 1. The van der Waals surface area contributed by atoms with Crippen molar-refractivity contribution >= 4 is 39.7 Å². The molecule has 8 nitrogen and oxygen atoms in total. The summed E-state index contributed by atoms with van der Waals surface area (Å²) in [4.78, 5) is 23.8. The van der Waals surface area contributed by atoms with Crippen LogP contribution in [0.25, 0.3) is 0 Å². The van der Waals surface area contributed by atoms with E-state index in [0.29, 0.717) is 29.2 Å². The molecule has 0 aliphatic heterocycles. The zero-order valence-corrected chi connectivity index (χ0v) is 17.0. The molecule has 0 saturated heterocycles. The molecule has 1 N–H and O–H groups in total. The number of nitriles is 1. The van der Waals surface area contributed by atoms with E-state index < -0.39 is 4.92 Å². The van der Waals surface area contributed by atoms with Crippen LogP contribution in [-0.2, 0) is 24.2 Å². The van der Waals surface area contributed by atoms with Crippen LogP contribution in [0.2, 0.25) is 5.02 Å². The second kappa shape index (κ2) is 8.71. The van der Waals surface area contributed by atoms with Crippen LogP contribution in [0.1, 0.15) is 53.8 Å². The van der Waals surface area contributed by atoms with Crippen LogP contribution in [0.5, 0.6) is 0 Å². The Morgan fingerprint density at radius 2 is 2.18 bits per heavy atom. The standard InChI is InChI=1S/C18H20ClN5O3S/c1-11-16(19)17(24(26)27)22-23(11)9-5-8-15(25)21-18-13(10-20)12-6-3-2-4-7-14(12)28-18/h2-9H2,1H3,(H,21,25). The average Bonchev–Trinajstić information content (AvgIpc) is 3.01. The molecule has 0 fully saturated rings. The number of aryl methyl sites for hydroxylation is 2. The highest BCUT2D eigenvalue weighted by molar-refractivity contribution is 7.16. The van der Waals surface area contributed by atoms with E-state index in [4.69, 9.17) is 11.6 Å². The number of carbonyl (C=O) groups is 1. The van der Waals surface area contributed by atoms with E-state index in [1.807, 2.05) is 0 Å². The van der Waals surface area contributed by atoms with Crippen LogP contribution in [0.4, 0.5) is 10.8 Å². The molecule has 0 aromatic carbocycles. The maximum absolute atomic E-state index is 12.3. The van der Waals surface area contributed by atoms with Gasteiger partial charge in [-0.05, 0) is 49.5 Å². The summed E-state index contributed by atoms with van der Waals surface area (Å²) in [5.74, 6) is -0.555. The Labute approximate surface area is 171 Å². The molecule has 3 rings (SSSR count). The first-order chi connectivity index (χ1) is 13.4. The molecule has 1 aliphatic rings. The third-order valence-corrected chi connectivity index (χ3v) is 6.50. The first kappa shape index (κ1) is 20.3. The van der Waals surface area contributed by atoms with Crippen molar-refractivity contribution in [2.75, 3.05) is 5.32 Å². The first-order valence-corrected chi connectivity index (χ1v) is 10.3. The highest BCUT2D eigenvalue weighted by Gasteiger charge is 2.24. The van der Waals surface area contributed by atoms with Gasteiger partial charge in [0, 0.05) is 11.3 Å². The topological polar surface area (TPSA) is 114 Å². The number of carbonyl (C=O) groups excluding carboxylic acids is 1. The van der Waals surface area contributed by atoms with Crippen molar-refractivity contribution in [1.82, 2.24) is 9.78 Å². The van der Waals surface area contributed by atoms with Gasteiger partial charge in [-0.1, -0.05) is 18.0 Å². The number of halogens is 1. The molecule has 10 heteroatoms. The number of rotatable bonds is 6. The molecule has 0 atom stereocenters. The highest BCUT2D eigenvalue weighted by Crippen LogP contribution is 2.37. The van der Waals surface area contributed by atoms with Crippen LogP contribution < -0.4 is 5.32 Å². The van der Waals surface area contributed by atoms with Gasteiger partial charge in [-0.3, -0.25) is 4.79 Å². The van der Waals surface area contributed by atoms with Gasteiger partial charge in [-0.25, -0.2) is 0 Å². The molecule has 148 valence electrons. The van der Waals surface area contributed by atoms with Gasteiger partial charge < -0.3 is 15.4 Å². The fraction of sp³-hybridized carbons (Fsp3) is 0.500. The maximum Gasteiger partial charge on any atom is 0.408 e. The van der Waals surface area contributed by atoms with Crippen molar-refractivity contribution in [2.45, 2.75) is 58.4 Å². The lowest BCUT2D eigenvalue weighted by atomic mass is 10.1. The number of thiophene rings is 1. The lowest BCUT2D eigenvalue weighted by Crippen LogP contribution is -2.13. The average molecular weight is 422 g/mol. The zero-order chi connectivity index (χ0) is 20.3. The predicted molar refractivity (Wildman–Crippen MR) is 107 cm³/mol. The summed E-state index contributed by atoms with van der Waals surface area (Å²) in [6, 6.07) is 2.25. The molecule has 1 amide bonds. The Balaban J connectivity index is 1.61. The van der Waals surface area contributed by atoms with Gasteiger partial charge in [0.2, 0.25) is 5.91 Å². The van der Waals surface area contributed by atoms with Crippen molar-refractivity contribution < 1.29 is 9.72 Å². The number of aromatic nitrogens is 2. The summed E-state index contributed by atoms with van der Waals surface area (Å²) in [6.07, 6.45) is 5.88. The Morgan fingerprint density at radius 3 is 2.86 bits per heavy atom. The van der Waals surface area contributed by atoms with E-state index in [2.05, 4.69) is 16.5 Å². The van der Waals surface area contributed by atoms with Gasteiger partial charge in [0.25, 0.3) is 0 Å². The van der Waals surface area contributed by atoms with E-state index >= 15 is 0 Å². The third-order valence-electron chi connectivity index (χ3n) is 4.85. The number of nitro groups is 1. The molecule has 0 spiro atoms. The molecule has 28 heavy (non-hydrogen) atoms. The SMILES string of the molecule is Cc1c(Cl)c([N+](=O)[O-])nn1CCCC(=O)Nc1sc2c(c1C#N)CCCCC2. The number of nitrogens with one attached hydrogen (secondary N) is 1. The van der Waals surface area contributed by atoms with Gasteiger partial charge in [0.1, 0.15) is 11.1 Å². The largest absolute Gasteiger partial charge is 0.408 e. The van der Waals surface area contributed by atoms with Crippen molar-refractivity contribution in [3.63, 3.8) is 0 Å². The monoisotopic (exact) mass is 421 g/mol. The summed E-state index contributed by atoms with van der Waals surface area (Å²) in [5.41, 5.74) is 2.19. The molecule has 2 aromatic rings. The fourth-order valence-corrected chi connectivity index (χ4v) is 4.83. The molecule has 0 saturated carbocycles. The Hall–Kier alpha value is -2.44. The Morgan fingerprint density at radius 1 is 1.43 bits per heavy atom. The molecular weight excluding hydrogens is 402 g/mol. The zero-order valence-electron chi connectivity index (χ0n) is 15.5. The molecule has 0 bridgehead atoms. The fourth-order valence-electron chi connectivity index (χ4n) is 3.37. The van der Waals surface area contributed by atoms with E-state index in [9.17, 15) is 20.2 Å². The van der Waals surface area contributed by atoms with Gasteiger partial charge >= 0.3 is 5.82 Å². The number of hydrogen-bond donors (Lipinski definition) is 1. The second-order valence-electron chi connectivity index (χ2n) is 6.74. The first-order valence-electron chi connectivity index (χ1n) is 9.14. The van der Waals surface area contributed by atoms with Gasteiger partial charge in [-0.15, -0.1) is 11.3 Å². The smallest absolute Gasteiger partial charge is 0.358 e. The molecule has 0 unspecified atom stereocenters. The lowest BCUT2D eigenvalue weighted by molar-refractivity contribution is -0.389. The number of fused-ring (bicyclic) bond motifs is 1. The minimum Gasteiger partial charge on any atom is -0.358 e. The van der Waals surface area contributed by atoms with Crippen molar-refractivity contribution in [3.05, 3.63) is 36.8 Å². The van der Waals surface area contributed by atoms with E-state index in [0.717, 1.165) is 31.2 Å².